The first kappa shape index (κ1) is 16.0. The number of hydrogen-bond donors (Lipinski definition) is 1. The largest absolute Gasteiger partial charge is 0.481 e. The molecule has 0 radical (unpaired) electrons. The average molecular weight is 325 g/mol. The van der Waals surface area contributed by atoms with Crippen LogP contribution < -0.4 is 0 Å². The van der Waals surface area contributed by atoms with Crippen molar-refractivity contribution in [3.05, 3.63) is 28.5 Å². The molecule has 7 heteroatoms. The Hall–Kier alpha value is -1.34. The van der Waals surface area contributed by atoms with Crippen LogP contribution in [-0.4, -0.2) is 31.4 Å². The summed E-state index contributed by atoms with van der Waals surface area (Å²) in [4.78, 5) is 19.5. The zero-order valence-corrected chi connectivity index (χ0v) is 14.0. The maximum atomic E-state index is 10.8. The molecule has 2 aromatic rings. The van der Waals surface area contributed by atoms with E-state index in [0.29, 0.717) is 0 Å². The summed E-state index contributed by atoms with van der Waals surface area (Å²) in [5, 5.41) is 12.7. The van der Waals surface area contributed by atoms with Gasteiger partial charge in [0.25, 0.3) is 0 Å². The summed E-state index contributed by atoms with van der Waals surface area (Å²) in [6, 6.07) is 0. The summed E-state index contributed by atoms with van der Waals surface area (Å²) in [5.41, 5.74) is 1.09. The minimum Gasteiger partial charge on any atom is -0.481 e. The zero-order chi connectivity index (χ0) is 15.5. The van der Waals surface area contributed by atoms with E-state index in [2.05, 4.69) is 35.3 Å². The zero-order valence-electron chi connectivity index (χ0n) is 12.4. The Morgan fingerprint density at radius 3 is 2.76 bits per heavy atom. The molecule has 0 unspecified atom stereocenters. The lowest BCUT2D eigenvalue weighted by Crippen LogP contribution is -2.19. The van der Waals surface area contributed by atoms with Gasteiger partial charge in [-0.2, -0.15) is 0 Å². The number of thioether (sulfide) groups is 1. The smallest absolute Gasteiger partial charge is 0.313 e. The number of thiazole rings is 1. The van der Waals surface area contributed by atoms with Crippen molar-refractivity contribution >= 4 is 29.1 Å². The number of aryl methyl sites for hydroxylation is 1. The molecule has 2 rings (SSSR count). The minimum absolute atomic E-state index is 0.0256. The second-order valence-electron chi connectivity index (χ2n) is 5.69. The van der Waals surface area contributed by atoms with E-state index in [9.17, 15) is 4.79 Å². The molecule has 5 nitrogen and oxygen atoms in total. The van der Waals surface area contributed by atoms with Crippen LogP contribution in [0.5, 0.6) is 0 Å². The van der Waals surface area contributed by atoms with Crippen LogP contribution >= 0.6 is 23.1 Å². The SMILES string of the molecule is CC(C)(C)c1cnc(SCC(=O)O)n1CCc1nccs1. The Labute approximate surface area is 132 Å². The van der Waals surface area contributed by atoms with Crippen LogP contribution in [0.4, 0.5) is 0 Å². The fraction of sp³-hybridized carbons (Fsp3) is 0.500. The average Bonchev–Trinajstić information content (AvgIpc) is 3.02. The topological polar surface area (TPSA) is 68.0 Å². The van der Waals surface area contributed by atoms with Crippen molar-refractivity contribution < 1.29 is 9.90 Å². The molecule has 0 spiro atoms. The van der Waals surface area contributed by atoms with Crippen molar-refractivity contribution in [1.29, 1.82) is 0 Å². The first-order valence-electron chi connectivity index (χ1n) is 6.67. The Morgan fingerprint density at radius 2 is 2.19 bits per heavy atom. The predicted molar refractivity (Wildman–Crippen MR) is 85.1 cm³/mol. The van der Waals surface area contributed by atoms with E-state index in [4.69, 9.17) is 5.11 Å². The predicted octanol–water partition coefficient (Wildman–Crippen LogP) is 3.06. The molecule has 0 aliphatic carbocycles. The number of hydrogen-bond acceptors (Lipinski definition) is 5. The van der Waals surface area contributed by atoms with E-state index >= 15 is 0 Å². The van der Waals surface area contributed by atoms with Gasteiger partial charge in [-0.05, 0) is 0 Å². The molecule has 2 heterocycles. The molecule has 0 aromatic carbocycles. The summed E-state index contributed by atoms with van der Waals surface area (Å²) >= 11 is 2.90. The van der Waals surface area contributed by atoms with Gasteiger partial charge in [0, 0.05) is 41.8 Å². The van der Waals surface area contributed by atoms with Crippen molar-refractivity contribution in [2.24, 2.45) is 0 Å². The molecule has 0 atom stereocenters. The normalized spacial score (nSPS) is 11.8. The van der Waals surface area contributed by atoms with E-state index in [1.165, 1.54) is 11.8 Å². The number of carboxylic acid groups (broad SMARTS) is 1. The van der Waals surface area contributed by atoms with Crippen molar-refractivity contribution in [3.63, 3.8) is 0 Å². The highest BCUT2D eigenvalue weighted by Gasteiger charge is 2.22. The standard InChI is InChI=1S/C14H19N3O2S2/c1-14(2,3)10-8-16-13(21-9-12(18)19)17(10)6-4-11-15-5-7-20-11/h5,7-8H,4,6,9H2,1-3H3,(H,18,19). The summed E-state index contributed by atoms with van der Waals surface area (Å²) in [6.07, 6.45) is 4.49. The van der Waals surface area contributed by atoms with Gasteiger partial charge in [-0.25, -0.2) is 9.97 Å². The molecule has 0 saturated heterocycles. The third kappa shape index (κ3) is 4.31. The molecular formula is C14H19N3O2S2. The van der Waals surface area contributed by atoms with E-state index in [-0.39, 0.29) is 11.2 Å². The van der Waals surface area contributed by atoms with Crippen LogP contribution in [0.25, 0.3) is 0 Å². The molecule has 1 N–H and O–H groups in total. The quantitative estimate of drug-likeness (QED) is 0.827. The number of rotatable bonds is 6. The number of nitrogens with zero attached hydrogens (tertiary/aromatic N) is 3. The molecule has 0 aliphatic rings. The lowest BCUT2D eigenvalue weighted by molar-refractivity contribution is -0.133. The highest BCUT2D eigenvalue weighted by Crippen LogP contribution is 2.28. The Bertz CT molecular complexity index is 600. The van der Waals surface area contributed by atoms with Crippen LogP contribution in [0.15, 0.2) is 22.9 Å². The molecule has 2 aromatic heterocycles. The van der Waals surface area contributed by atoms with Gasteiger partial charge in [0.2, 0.25) is 0 Å². The second-order valence-corrected chi connectivity index (χ2v) is 7.61. The molecular weight excluding hydrogens is 306 g/mol. The lowest BCUT2D eigenvalue weighted by atomic mass is 9.92. The summed E-state index contributed by atoms with van der Waals surface area (Å²) in [7, 11) is 0. The van der Waals surface area contributed by atoms with Gasteiger partial charge in [-0.1, -0.05) is 32.5 Å². The molecule has 0 bridgehead atoms. The number of carbonyl (C=O) groups is 1. The maximum absolute atomic E-state index is 10.8. The third-order valence-corrected chi connectivity index (χ3v) is 4.76. The van der Waals surface area contributed by atoms with Crippen molar-refractivity contribution in [3.8, 4) is 0 Å². The van der Waals surface area contributed by atoms with E-state index in [1.54, 1.807) is 17.5 Å². The lowest BCUT2D eigenvalue weighted by Gasteiger charge is -2.21. The van der Waals surface area contributed by atoms with Crippen molar-refractivity contribution in [1.82, 2.24) is 14.5 Å². The van der Waals surface area contributed by atoms with Gasteiger partial charge in [0.15, 0.2) is 5.16 Å². The fourth-order valence-corrected chi connectivity index (χ4v) is 3.33. The van der Waals surface area contributed by atoms with Gasteiger partial charge in [-0.3, -0.25) is 4.79 Å². The Kier molecular flexibility index (Phi) is 5.05. The van der Waals surface area contributed by atoms with Crippen molar-refractivity contribution in [2.75, 3.05) is 5.75 Å². The van der Waals surface area contributed by atoms with Gasteiger partial charge >= 0.3 is 5.97 Å². The van der Waals surface area contributed by atoms with Crippen LogP contribution in [0.2, 0.25) is 0 Å². The number of aliphatic carboxylic acids is 1. The van der Waals surface area contributed by atoms with Crippen LogP contribution in [0.1, 0.15) is 31.5 Å². The van der Waals surface area contributed by atoms with E-state index < -0.39 is 5.97 Å². The van der Waals surface area contributed by atoms with Gasteiger partial charge in [-0.15, -0.1) is 11.3 Å². The molecule has 0 fully saturated rings. The summed E-state index contributed by atoms with van der Waals surface area (Å²) in [6.45, 7) is 7.17. The van der Waals surface area contributed by atoms with E-state index in [0.717, 1.165) is 28.8 Å². The molecule has 0 saturated carbocycles. The minimum atomic E-state index is -0.827. The molecule has 0 aliphatic heterocycles. The number of carboxylic acids is 1. The van der Waals surface area contributed by atoms with Crippen LogP contribution in [0, 0.1) is 0 Å². The molecule has 0 amide bonds. The maximum Gasteiger partial charge on any atom is 0.313 e. The Morgan fingerprint density at radius 1 is 1.43 bits per heavy atom. The first-order valence-corrected chi connectivity index (χ1v) is 8.53. The van der Waals surface area contributed by atoms with E-state index in [1.807, 2.05) is 11.6 Å². The second kappa shape index (κ2) is 6.62. The van der Waals surface area contributed by atoms with Crippen LogP contribution in [0.3, 0.4) is 0 Å². The highest BCUT2D eigenvalue weighted by atomic mass is 32.2. The third-order valence-electron chi connectivity index (χ3n) is 2.94. The van der Waals surface area contributed by atoms with Crippen LogP contribution in [-0.2, 0) is 23.2 Å². The molecule has 21 heavy (non-hydrogen) atoms. The fourth-order valence-electron chi connectivity index (χ4n) is 2.00. The summed E-state index contributed by atoms with van der Waals surface area (Å²) in [5.74, 6) is -0.801. The Balaban J connectivity index is 2.20. The summed E-state index contributed by atoms with van der Waals surface area (Å²) < 4.78 is 2.12. The monoisotopic (exact) mass is 325 g/mol. The van der Waals surface area contributed by atoms with Gasteiger partial charge in [0.05, 0.1) is 10.8 Å². The number of aromatic nitrogens is 3. The van der Waals surface area contributed by atoms with Gasteiger partial charge in [0.1, 0.15) is 0 Å². The first-order chi connectivity index (χ1) is 9.88. The number of imidazole rings is 1. The molecule has 114 valence electrons. The van der Waals surface area contributed by atoms with Gasteiger partial charge < -0.3 is 9.67 Å². The van der Waals surface area contributed by atoms with Crippen molar-refractivity contribution in [2.45, 2.75) is 44.3 Å². The highest BCUT2D eigenvalue weighted by molar-refractivity contribution is 7.99.